The van der Waals surface area contributed by atoms with Crippen molar-refractivity contribution < 1.29 is 4.43 Å². The Kier molecular flexibility index (Phi) is 15.5. The lowest BCUT2D eigenvalue weighted by atomic mass is 9.86. The molecule has 0 aliphatic rings. The van der Waals surface area contributed by atoms with Gasteiger partial charge in [0.05, 0.1) is 6.10 Å². The van der Waals surface area contributed by atoms with E-state index in [1.54, 1.807) is 0 Å². The molecule has 0 fully saturated rings. The molecule has 0 saturated heterocycles. The van der Waals surface area contributed by atoms with Crippen molar-refractivity contribution in [3.63, 3.8) is 0 Å². The minimum Gasteiger partial charge on any atom is -0.407 e. The van der Waals surface area contributed by atoms with Crippen LogP contribution in [0.15, 0.2) is 85.0 Å². The van der Waals surface area contributed by atoms with Crippen LogP contribution in [0, 0.1) is 5.41 Å². The zero-order valence-electron chi connectivity index (χ0n) is 23.6. The highest BCUT2D eigenvalue weighted by Gasteiger charge is 2.29. The highest BCUT2D eigenvalue weighted by molar-refractivity contribution is 6.80. The first-order valence-corrected chi connectivity index (χ1v) is 16.2. The van der Waals surface area contributed by atoms with Gasteiger partial charge >= 0.3 is 0 Å². The normalized spacial score (nSPS) is 13.2. The van der Waals surface area contributed by atoms with E-state index in [1.165, 1.54) is 74.6 Å². The maximum atomic E-state index is 7.01. The summed E-state index contributed by atoms with van der Waals surface area (Å²) in [5.74, 6) is 0. The predicted molar refractivity (Wildman–Crippen MR) is 163 cm³/mol. The Hall–Kier alpha value is -1.90. The van der Waals surface area contributed by atoms with Crippen LogP contribution in [0.3, 0.4) is 0 Å². The van der Waals surface area contributed by atoms with Crippen LogP contribution in [0.4, 0.5) is 0 Å². The molecule has 2 heteroatoms. The summed E-state index contributed by atoms with van der Waals surface area (Å²) in [6.07, 6.45) is 25.2. The van der Waals surface area contributed by atoms with Gasteiger partial charge in [-0.2, -0.15) is 0 Å². The third-order valence-corrected chi connectivity index (χ3v) is 9.46. The lowest BCUT2D eigenvalue weighted by molar-refractivity contribution is 0.0823. The monoisotopic (exact) mass is 504 g/mol. The number of rotatable bonds is 18. The van der Waals surface area contributed by atoms with Crippen LogP contribution in [-0.4, -0.2) is 15.1 Å². The first-order valence-electron chi connectivity index (χ1n) is 14.6. The van der Waals surface area contributed by atoms with Gasteiger partial charge in [0.1, 0.15) is 0 Å². The molecule has 2 aromatic carbocycles. The average Bonchev–Trinajstić information content (AvgIpc) is 2.88. The second kappa shape index (κ2) is 18.4. The predicted octanol–water partition coefficient (Wildman–Crippen LogP) is 8.77. The lowest BCUT2D eigenvalue weighted by Crippen LogP contribution is -2.49. The van der Waals surface area contributed by atoms with Gasteiger partial charge in [-0.1, -0.05) is 145 Å². The molecular weight excluding hydrogens is 452 g/mol. The minimum atomic E-state index is -1.73. The van der Waals surface area contributed by atoms with Crippen molar-refractivity contribution in [2.24, 2.45) is 5.41 Å². The molecule has 0 saturated carbocycles. The first kappa shape index (κ1) is 30.3. The Morgan fingerprint density at radius 3 is 1.56 bits per heavy atom. The van der Waals surface area contributed by atoms with Crippen LogP contribution in [0.25, 0.3) is 0 Å². The second-order valence-electron chi connectivity index (χ2n) is 11.2. The van der Waals surface area contributed by atoms with E-state index < -0.39 is 9.04 Å². The molecule has 0 radical (unpaired) electrons. The zero-order chi connectivity index (χ0) is 25.9. The molecule has 1 atom stereocenters. The molecule has 2 aromatic rings. The molecule has 0 aromatic heterocycles. The fourth-order valence-electron chi connectivity index (χ4n) is 4.65. The number of unbranched alkanes of at least 4 members (excludes halogenated alkanes) is 8. The van der Waals surface area contributed by atoms with E-state index in [0.29, 0.717) is 0 Å². The molecule has 0 amide bonds. The van der Waals surface area contributed by atoms with Crippen molar-refractivity contribution in [1.29, 1.82) is 0 Å². The van der Waals surface area contributed by atoms with Crippen LogP contribution < -0.4 is 10.4 Å². The fourth-order valence-corrected chi connectivity index (χ4v) is 7.37. The summed E-state index contributed by atoms with van der Waals surface area (Å²) in [5.41, 5.74) is 0.120. The Morgan fingerprint density at radius 2 is 1.08 bits per heavy atom. The highest BCUT2D eigenvalue weighted by Crippen LogP contribution is 2.27. The Labute approximate surface area is 224 Å². The molecule has 0 N–H and O–H groups in total. The average molecular weight is 505 g/mol. The van der Waals surface area contributed by atoms with E-state index in [-0.39, 0.29) is 11.5 Å². The van der Waals surface area contributed by atoms with Crippen molar-refractivity contribution in [3.8, 4) is 0 Å². The largest absolute Gasteiger partial charge is 0.407 e. The minimum absolute atomic E-state index is 0.120. The van der Waals surface area contributed by atoms with E-state index in [0.717, 1.165) is 12.8 Å². The summed E-state index contributed by atoms with van der Waals surface area (Å²) in [5, 5.41) is 2.73. The van der Waals surface area contributed by atoms with E-state index in [1.807, 2.05) is 0 Å². The molecule has 1 unspecified atom stereocenters. The standard InChI is InChI=1S/C34H52OSi/c1-5-6-7-8-9-10-11-12-13-14-15-16-17-18-25-30-33(34(2,3)4)35-36(31-26-21-19-22-27-31)32-28-23-20-24-29-32/h6-7,17-24,26-29,33,36H,5,8-16,25,30H2,1-4H3. The first-order chi connectivity index (χ1) is 17.5. The van der Waals surface area contributed by atoms with Crippen LogP contribution in [-0.2, 0) is 4.43 Å². The summed E-state index contributed by atoms with van der Waals surface area (Å²) in [6, 6.07) is 21.7. The smallest absolute Gasteiger partial charge is 0.240 e. The van der Waals surface area contributed by atoms with E-state index >= 15 is 0 Å². The van der Waals surface area contributed by atoms with Gasteiger partial charge in [0.2, 0.25) is 9.04 Å². The second-order valence-corrected chi connectivity index (χ2v) is 13.5. The highest BCUT2D eigenvalue weighted by atomic mass is 28.3. The summed E-state index contributed by atoms with van der Waals surface area (Å²) in [4.78, 5) is 0. The number of hydrogen-bond donors (Lipinski definition) is 0. The topological polar surface area (TPSA) is 9.23 Å². The molecular formula is C34H52OSi. The fraction of sp³-hybridized carbons (Fsp3) is 0.529. The van der Waals surface area contributed by atoms with E-state index in [4.69, 9.17) is 4.43 Å². The number of allylic oxidation sites excluding steroid dienone is 4. The maximum Gasteiger partial charge on any atom is 0.240 e. The van der Waals surface area contributed by atoms with Gasteiger partial charge < -0.3 is 4.43 Å². The van der Waals surface area contributed by atoms with Gasteiger partial charge in [-0.3, -0.25) is 0 Å². The van der Waals surface area contributed by atoms with Crippen LogP contribution >= 0.6 is 0 Å². The number of benzene rings is 2. The van der Waals surface area contributed by atoms with Crippen molar-refractivity contribution in [3.05, 3.63) is 85.0 Å². The molecule has 36 heavy (non-hydrogen) atoms. The molecule has 1 nitrogen and oxygen atoms in total. The van der Waals surface area contributed by atoms with Gasteiger partial charge in [0, 0.05) is 0 Å². The molecule has 0 aliphatic heterocycles. The van der Waals surface area contributed by atoms with Gasteiger partial charge in [0.25, 0.3) is 0 Å². The van der Waals surface area contributed by atoms with Gasteiger partial charge in [-0.15, -0.1) is 0 Å². The third-order valence-electron chi connectivity index (χ3n) is 6.88. The molecule has 0 bridgehead atoms. The molecule has 2 rings (SSSR count). The summed E-state index contributed by atoms with van der Waals surface area (Å²) in [7, 11) is -1.73. The van der Waals surface area contributed by atoms with Gasteiger partial charge in [0.15, 0.2) is 0 Å². The van der Waals surface area contributed by atoms with Crippen LogP contribution in [0.1, 0.15) is 105 Å². The Bertz CT molecular complexity index is 795. The van der Waals surface area contributed by atoms with Gasteiger partial charge in [-0.05, 0) is 60.7 Å². The maximum absolute atomic E-state index is 7.01. The number of hydrogen-bond acceptors (Lipinski definition) is 1. The quantitative estimate of drug-likeness (QED) is 0.112. The zero-order valence-corrected chi connectivity index (χ0v) is 24.8. The molecule has 0 heterocycles. The van der Waals surface area contributed by atoms with Crippen molar-refractivity contribution in [1.82, 2.24) is 0 Å². The third kappa shape index (κ3) is 12.9. The molecule has 198 valence electrons. The SMILES string of the molecule is CCC=CCCCCCCCCCC=CCCC(O[SiH](c1ccccc1)c1ccccc1)C(C)(C)C. The summed E-state index contributed by atoms with van der Waals surface area (Å²) < 4.78 is 7.01. The lowest BCUT2D eigenvalue weighted by Gasteiger charge is -2.34. The summed E-state index contributed by atoms with van der Waals surface area (Å²) >= 11 is 0. The van der Waals surface area contributed by atoms with Crippen molar-refractivity contribution in [2.75, 3.05) is 0 Å². The van der Waals surface area contributed by atoms with Crippen molar-refractivity contribution >= 4 is 19.4 Å². The van der Waals surface area contributed by atoms with Crippen LogP contribution in [0.5, 0.6) is 0 Å². The van der Waals surface area contributed by atoms with Crippen LogP contribution in [0.2, 0.25) is 0 Å². The van der Waals surface area contributed by atoms with Gasteiger partial charge in [-0.25, -0.2) is 0 Å². The van der Waals surface area contributed by atoms with Crippen molar-refractivity contribution in [2.45, 2.75) is 111 Å². The van der Waals surface area contributed by atoms with E-state index in [2.05, 4.69) is 113 Å². The Morgan fingerprint density at radius 1 is 0.639 bits per heavy atom. The summed E-state index contributed by atoms with van der Waals surface area (Å²) in [6.45, 7) is 9.18. The van der Waals surface area contributed by atoms with E-state index in [9.17, 15) is 0 Å². The Balaban J connectivity index is 1.72. The molecule has 0 aliphatic carbocycles. The molecule has 0 spiro atoms.